The average molecular weight is 234 g/mol. The molecule has 4 nitrogen and oxygen atoms in total. The van der Waals surface area contributed by atoms with Gasteiger partial charge in [0.25, 0.3) is 0 Å². The molecule has 1 aromatic heterocycles. The van der Waals surface area contributed by atoms with E-state index in [1.807, 2.05) is 6.92 Å². The van der Waals surface area contributed by atoms with Crippen molar-refractivity contribution >= 4 is 34.7 Å². The molecular formula is C8H12ClN3OS. The van der Waals surface area contributed by atoms with Gasteiger partial charge in [0.05, 0.1) is 0 Å². The van der Waals surface area contributed by atoms with Crippen molar-refractivity contribution in [2.24, 2.45) is 0 Å². The van der Waals surface area contributed by atoms with E-state index in [-0.39, 0.29) is 11.9 Å². The van der Waals surface area contributed by atoms with Crippen LogP contribution in [0.4, 0.5) is 5.82 Å². The van der Waals surface area contributed by atoms with Crippen molar-refractivity contribution in [2.45, 2.75) is 19.9 Å². The van der Waals surface area contributed by atoms with Gasteiger partial charge in [-0.1, -0.05) is 11.6 Å². The summed E-state index contributed by atoms with van der Waals surface area (Å²) in [5.41, 5.74) is 0. The Labute approximate surface area is 91.7 Å². The summed E-state index contributed by atoms with van der Waals surface area (Å²) in [6.45, 7) is 4.28. The summed E-state index contributed by atoms with van der Waals surface area (Å²) in [6.07, 6.45) is 0. The van der Waals surface area contributed by atoms with Crippen molar-refractivity contribution in [1.29, 1.82) is 0 Å². The van der Waals surface area contributed by atoms with E-state index in [0.717, 1.165) is 0 Å². The van der Waals surface area contributed by atoms with Gasteiger partial charge >= 0.3 is 0 Å². The van der Waals surface area contributed by atoms with E-state index in [9.17, 15) is 4.79 Å². The molecule has 0 aromatic carbocycles. The minimum atomic E-state index is -0.298. The second-order valence-electron chi connectivity index (χ2n) is 2.75. The van der Waals surface area contributed by atoms with Crippen LogP contribution < -0.4 is 10.6 Å². The van der Waals surface area contributed by atoms with E-state index < -0.39 is 0 Å². The molecule has 0 radical (unpaired) electrons. The molecule has 2 N–H and O–H groups in total. The first kappa shape index (κ1) is 11.3. The van der Waals surface area contributed by atoms with Crippen molar-refractivity contribution in [2.75, 3.05) is 11.9 Å². The SMILES string of the molecule is CCNC(=O)C(C)Nc1csc(Cl)n1. The summed E-state index contributed by atoms with van der Waals surface area (Å²) in [7, 11) is 0. The summed E-state index contributed by atoms with van der Waals surface area (Å²) < 4.78 is 0.468. The van der Waals surface area contributed by atoms with E-state index in [4.69, 9.17) is 11.6 Å². The summed E-state index contributed by atoms with van der Waals surface area (Å²) >= 11 is 6.98. The first-order valence-electron chi connectivity index (χ1n) is 4.28. The number of aromatic nitrogens is 1. The molecule has 0 saturated heterocycles. The van der Waals surface area contributed by atoms with Gasteiger partial charge in [0, 0.05) is 11.9 Å². The standard InChI is InChI=1S/C8H12ClN3OS/c1-3-10-7(13)5(2)11-6-4-14-8(9)12-6/h4-5,11H,3H2,1-2H3,(H,10,13). The second kappa shape index (κ2) is 5.17. The number of hydrogen-bond acceptors (Lipinski definition) is 4. The summed E-state index contributed by atoms with van der Waals surface area (Å²) in [4.78, 5) is 15.3. The lowest BCUT2D eigenvalue weighted by Crippen LogP contribution is -2.37. The number of likely N-dealkylation sites (N-methyl/N-ethyl adjacent to an activating group) is 1. The van der Waals surface area contributed by atoms with Crippen LogP contribution in [0.2, 0.25) is 4.47 Å². The number of nitrogens with zero attached hydrogens (tertiary/aromatic N) is 1. The number of nitrogens with one attached hydrogen (secondary N) is 2. The molecule has 1 heterocycles. The van der Waals surface area contributed by atoms with Crippen molar-refractivity contribution in [1.82, 2.24) is 10.3 Å². The number of carbonyl (C=O) groups is 1. The van der Waals surface area contributed by atoms with E-state index in [0.29, 0.717) is 16.8 Å². The van der Waals surface area contributed by atoms with Crippen LogP contribution in [0.25, 0.3) is 0 Å². The molecule has 14 heavy (non-hydrogen) atoms. The molecule has 1 rings (SSSR count). The molecule has 6 heteroatoms. The number of amides is 1. The Morgan fingerprint density at radius 2 is 2.50 bits per heavy atom. The lowest BCUT2D eigenvalue weighted by Gasteiger charge is -2.11. The van der Waals surface area contributed by atoms with Gasteiger partial charge in [-0.25, -0.2) is 4.98 Å². The molecule has 0 bridgehead atoms. The van der Waals surface area contributed by atoms with Crippen molar-refractivity contribution < 1.29 is 4.79 Å². The molecule has 1 amide bonds. The summed E-state index contributed by atoms with van der Waals surface area (Å²) in [5, 5.41) is 7.44. The maximum Gasteiger partial charge on any atom is 0.242 e. The minimum absolute atomic E-state index is 0.0448. The third kappa shape index (κ3) is 3.16. The molecule has 0 aliphatic heterocycles. The number of rotatable bonds is 4. The van der Waals surface area contributed by atoms with Gasteiger partial charge < -0.3 is 10.6 Å². The molecule has 0 aliphatic carbocycles. The Morgan fingerprint density at radius 1 is 1.79 bits per heavy atom. The zero-order valence-corrected chi connectivity index (χ0v) is 9.58. The van der Waals surface area contributed by atoms with Gasteiger partial charge in [0.15, 0.2) is 4.47 Å². The topological polar surface area (TPSA) is 54.0 Å². The van der Waals surface area contributed by atoms with Gasteiger partial charge in [-0.05, 0) is 13.8 Å². The van der Waals surface area contributed by atoms with E-state index >= 15 is 0 Å². The highest BCUT2D eigenvalue weighted by molar-refractivity contribution is 7.14. The number of thiazole rings is 1. The lowest BCUT2D eigenvalue weighted by molar-refractivity contribution is -0.121. The zero-order valence-electron chi connectivity index (χ0n) is 8.00. The predicted octanol–water partition coefficient (Wildman–Crippen LogP) is 1.73. The van der Waals surface area contributed by atoms with E-state index in [1.54, 1.807) is 12.3 Å². The highest BCUT2D eigenvalue weighted by Gasteiger charge is 2.12. The number of anilines is 1. The van der Waals surface area contributed by atoms with Crippen LogP contribution in [0.1, 0.15) is 13.8 Å². The molecule has 0 fully saturated rings. The van der Waals surface area contributed by atoms with Crippen LogP contribution in [0, 0.1) is 0 Å². The van der Waals surface area contributed by atoms with Crippen LogP contribution in [-0.4, -0.2) is 23.5 Å². The first-order valence-corrected chi connectivity index (χ1v) is 5.54. The molecular weight excluding hydrogens is 222 g/mol. The smallest absolute Gasteiger partial charge is 0.242 e. The number of carbonyl (C=O) groups excluding carboxylic acids is 1. The highest BCUT2D eigenvalue weighted by Crippen LogP contribution is 2.19. The quantitative estimate of drug-likeness (QED) is 0.833. The molecule has 78 valence electrons. The van der Waals surface area contributed by atoms with Crippen LogP contribution >= 0.6 is 22.9 Å². The van der Waals surface area contributed by atoms with Gasteiger partial charge in [-0.15, -0.1) is 11.3 Å². The fourth-order valence-corrected chi connectivity index (χ4v) is 1.64. The monoisotopic (exact) mass is 233 g/mol. The summed E-state index contributed by atoms with van der Waals surface area (Å²) in [6, 6.07) is -0.298. The fraction of sp³-hybridized carbons (Fsp3) is 0.500. The second-order valence-corrected chi connectivity index (χ2v) is 4.19. The van der Waals surface area contributed by atoms with Crippen LogP contribution in [0.5, 0.6) is 0 Å². The summed E-state index contributed by atoms with van der Waals surface area (Å²) in [5.74, 6) is 0.593. The Bertz CT molecular complexity index is 315. The van der Waals surface area contributed by atoms with Gasteiger partial charge in [-0.3, -0.25) is 4.79 Å². The van der Waals surface area contributed by atoms with Gasteiger partial charge in [0.2, 0.25) is 5.91 Å². The number of halogens is 1. The Kier molecular flexibility index (Phi) is 4.16. The first-order chi connectivity index (χ1) is 6.63. The van der Waals surface area contributed by atoms with Gasteiger partial charge in [0.1, 0.15) is 11.9 Å². The zero-order chi connectivity index (χ0) is 10.6. The maximum atomic E-state index is 11.3. The lowest BCUT2D eigenvalue weighted by atomic mass is 10.3. The van der Waals surface area contributed by atoms with Crippen molar-refractivity contribution in [3.63, 3.8) is 0 Å². The van der Waals surface area contributed by atoms with Crippen LogP contribution in [0.3, 0.4) is 0 Å². The Balaban J connectivity index is 2.48. The third-order valence-corrected chi connectivity index (χ3v) is 2.56. The average Bonchev–Trinajstić information content (AvgIpc) is 2.51. The van der Waals surface area contributed by atoms with Gasteiger partial charge in [-0.2, -0.15) is 0 Å². The molecule has 0 aliphatic rings. The highest BCUT2D eigenvalue weighted by atomic mass is 35.5. The Hall–Kier alpha value is -0.810. The van der Waals surface area contributed by atoms with E-state index in [2.05, 4.69) is 15.6 Å². The van der Waals surface area contributed by atoms with Crippen LogP contribution in [-0.2, 0) is 4.79 Å². The Morgan fingerprint density at radius 3 is 3.00 bits per heavy atom. The molecule has 1 unspecified atom stereocenters. The fourth-order valence-electron chi connectivity index (χ4n) is 0.933. The number of hydrogen-bond donors (Lipinski definition) is 2. The van der Waals surface area contributed by atoms with Crippen molar-refractivity contribution in [3.8, 4) is 0 Å². The third-order valence-electron chi connectivity index (χ3n) is 1.58. The maximum absolute atomic E-state index is 11.3. The van der Waals surface area contributed by atoms with E-state index in [1.165, 1.54) is 11.3 Å². The van der Waals surface area contributed by atoms with Crippen LogP contribution in [0.15, 0.2) is 5.38 Å². The molecule has 1 aromatic rings. The predicted molar refractivity (Wildman–Crippen MR) is 58.9 cm³/mol. The minimum Gasteiger partial charge on any atom is -0.358 e. The molecule has 0 spiro atoms. The molecule has 1 atom stereocenters. The normalized spacial score (nSPS) is 12.2. The van der Waals surface area contributed by atoms with Crippen molar-refractivity contribution in [3.05, 3.63) is 9.85 Å². The molecule has 0 saturated carbocycles. The largest absolute Gasteiger partial charge is 0.358 e.